The molecule has 0 amide bonds. The Balaban J connectivity index is 2.69. The van der Waals surface area contributed by atoms with Crippen molar-refractivity contribution in [3.8, 4) is 0 Å². The van der Waals surface area contributed by atoms with Crippen molar-refractivity contribution in [3.63, 3.8) is 0 Å². The summed E-state index contributed by atoms with van der Waals surface area (Å²) in [6.07, 6.45) is 1.89. The molecule has 0 saturated heterocycles. The van der Waals surface area contributed by atoms with Crippen LogP contribution in [-0.2, 0) is 0 Å². The second-order valence-electron chi connectivity index (χ2n) is 1.53. The van der Waals surface area contributed by atoms with E-state index in [4.69, 9.17) is 0 Å². The fraction of sp³-hybridized carbons (Fsp3) is 0.167. The van der Waals surface area contributed by atoms with Gasteiger partial charge in [0.25, 0.3) is 0 Å². The first kappa shape index (κ1) is 4.80. The number of rotatable bonds is 1. The highest BCUT2D eigenvalue weighted by atomic mass is 31.1. The van der Waals surface area contributed by atoms with Gasteiger partial charge in [-0.05, 0) is 18.3 Å². The molecular weight excluding hydrogens is 103 g/mol. The van der Waals surface area contributed by atoms with E-state index in [2.05, 4.69) is 19.3 Å². The van der Waals surface area contributed by atoms with Gasteiger partial charge in [-0.15, -0.1) is 0 Å². The monoisotopic (exact) mass is 110 g/mol. The summed E-state index contributed by atoms with van der Waals surface area (Å²) < 4.78 is 0. The molecule has 0 aliphatic carbocycles. The lowest BCUT2D eigenvalue weighted by Gasteiger charge is -1.80. The van der Waals surface area contributed by atoms with Gasteiger partial charge in [0, 0.05) is 5.31 Å². The summed E-state index contributed by atoms with van der Waals surface area (Å²) in [5, 5.41) is 1.44. The molecule has 1 heterocycles. The SMILES string of the molecule is C=CC(C)=C1C=P1. The van der Waals surface area contributed by atoms with Crippen LogP contribution in [0.4, 0.5) is 0 Å². The molecule has 0 bridgehead atoms. The van der Waals surface area contributed by atoms with Crippen molar-refractivity contribution >= 4 is 14.0 Å². The van der Waals surface area contributed by atoms with Gasteiger partial charge in [-0.3, -0.25) is 0 Å². The van der Waals surface area contributed by atoms with E-state index in [0.717, 1.165) is 0 Å². The summed E-state index contributed by atoms with van der Waals surface area (Å²) in [5.74, 6) is 2.18. The molecule has 36 valence electrons. The van der Waals surface area contributed by atoms with Gasteiger partial charge >= 0.3 is 0 Å². The first-order valence-corrected chi connectivity index (χ1v) is 3.18. The van der Waals surface area contributed by atoms with Crippen molar-refractivity contribution in [2.45, 2.75) is 6.92 Å². The molecule has 0 unspecified atom stereocenters. The van der Waals surface area contributed by atoms with Crippen LogP contribution in [0.1, 0.15) is 6.92 Å². The van der Waals surface area contributed by atoms with Gasteiger partial charge in [-0.1, -0.05) is 20.9 Å². The second-order valence-corrected chi connectivity index (χ2v) is 2.53. The normalized spacial score (nSPS) is 24.1. The van der Waals surface area contributed by atoms with Crippen LogP contribution in [0.3, 0.4) is 0 Å². The number of hydrogen-bond donors (Lipinski definition) is 0. The minimum Gasteiger partial charge on any atom is -0.0988 e. The highest BCUT2D eigenvalue weighted by molar-refractivity contribution is 7.58. The van der Waals surface area contributed by atoms with Gasteiger partial charge in [0.05, 0.1) is 0 Å². The Bertz CT molecular complexity index is 144. The minimum atomic E-state index is 1.32. The molecule has 0 saturated carbocycles. The smallest absolute Gasteiger partial charge is 0.00928 e. The lowest BCUT2D eigenvalue weighted by atomic mass is 10.3. The van der Waals surface area contributed by atoms with Crippen LogP contribution in [0.25, 0.3) is 0 Å². The zero-order chi connectivity index (χ0) is 5.28. The molecule has 7 heavy (non-hydrogen) atoms. The van der Waals surface area contributed by atoms with E-state index in [0.29, 0.717) is 0 Å². The molecule has 1 rings (SSSR count). The molecule has 0 aromatic carbocycles. The molecule has 0 atom stereocenters. The van der Waals surface area contributed by atoms with Crippen molar-refractivity contribution in [3.05, 3.63) is 23.5 Å². The van der Waals surface area contributed by atoms with Crippen molar-refractivity contribution in [2.24, 2.45) is 0 Å². The van der Waals surface area contributed by atoms with E-state index in [9.17, 15) is 0 Å². The van der Waals surface area contributed by atoms with E-state index in [1.165, 1.54) is 19.1 Å². The predicted molar refractivity (Wildman–Crippen MR) is 35.9 cm³/mol. The summed E-state index contributed by atoms with van der Waals surface area (Å²) in [6.45, 7) is 5.72. The van der Waals surface area contributed by atoms with Crippen LogP contribution in [0.2, 0.25) is 0 Å². The molecular formula is C6H7P. The Morgan fingerprint density at radius 3 is 2.71 bits per heavy atom. The summed E-state index contributed by atoms with van der Waals surface area (Å²) in [5.41, 5.74) is 1.32. The first-order valence-electron chi connectivity index (χ1n) is 2.22. The Morgan fingerprint density at radius 2 is 2.57 bits per heavy atom. The summed E-state index contributed by atoms with van der Waals surface area (Å²) in [4.78, 5) is 0. The average Bonchev–Trinajstić information content (AvgIpc) is 2.44. The number of hydrogen-bond acceptors (Lipinski definition) is 0. The Labute approximate surface area is 45.4 Å². The quantitative estimate of drug-likeness (QED) is 0.454. The summed E-state index contributed by atoms with van der Waals surface area (Å²) >= 11 is 0. The van der Waals surface area contributed by atoms with Crippen molar-refractivity contribution in [1.29, 1.82) is 0 Å². The van der Waals surface area contributed by atoms with E-state index in [1.807, 2.05) is 6.08 Å². The third-order valence-electron chi connectivity index (χ3n) is 0.968. The van der Waals surface area contributed by atoms with Crippen LogP contribution in [0, 0.1) is 0 Å². The van der Waals surface area contributed by atoms with Crippen LogP contribution < -0.4 is 0 Å². The Morgan fingerprint density at radius 1 is 2.00 bits per heavy atom. The summed E-state index contributed by atoms with van der Waals surface area (Å²) in [6, 6.07) is 0. The fourth-order valence-corrected chi connectivity index (χ4v) is 0.904. The number of allylic oxidation sites excluding steroid dienone is 3. The van der Waals surface area contributed by atoms with E-state index >= 15 is 0 Å². The van der Waals surface area contributed by atoms with Gasteiger partial charge in [0.15, 0.2) is 0 Å². The van der Waals surface area contributed by atoms with E-state index < -0.39 is 0 Å². The third kappa shape index (κ3) is 1.01. The largest absolute Gasteiger partial charge is 0.0988 e. The minimum absolute atomic E-state index is 1.32. The predicted octanol–water partition coefficient (Wildman–Crippen LogP) is 2.21. The molecule has 0 spiro atoms. The summed E-state index contributed by atoms with van der Waals surface area (Å²) in [7, 11) is 1.39. The van der Waals surface area contributed by atoms with Gasteiger partial charge < -0.3 is 0 Å². The maximum Gasteiger partial charge on any atom is 0.00928 e. The molecule has 0 fully saturated rings. The lowest BCUT2D eigenvalue weighted by molar-refractivity contribution is 1.55. The molecule has 1 heteroatoms. The zero-order valence-corrected chi connectivity index (χ0v) is 5.20. The molecule has 0 aromatic heterocycles. The van der Waals surface area contributed by atoms with Crippen LogP contribution in [0.15, 0.2) is 23.5 Å². The van der Waals surface area contributed by atoms with Crippen LogP contribution in [0.5, 0.6) is 0 Å². The third-order valence-corrected chi connectivity index (χ3v) is 1.84. The maximum atomic E-state index is 3.64. The van der Waals surface area contributed by atoms with Gasteiger partial charge in [-0.25, -0.2) is 0 Å². The lowest BCUT2D eigenvalue weighted by Crippen LogP contribution is -1.62. The average molecular weight is 110 g/mol. The Kier molecular flexibility index (Phi) is 1.12. The van der Waals surface area contributed by atoms with Crippen LogP contribution >= 0.6 is 8.20 Å². The molecule has 0 aromatic rings. The molecule has 1 aliphatic heterocycles. The van der Waals surface area contributed by atoms with Gasteiger partial charge in [0.1, 0.15) is 0 Å². The highest BCUT2D eigenvalue weighted by Crippen LogP contribution is 2.30. The Hall–Kier alpha value is -0.350. The fourth-order valence-electron chi connectivity index (χ4n) is 0.340. The van der Waals surface area contributed by atoms with Crippen molar-refractivity contribution in [1.82, 2.24) is 0 Å². The zero-order valence-electron chi connectivity index (χ0n) is 4.31. The standard InChI is InChI=1S/C6H7P/c1-3-5(2)6-4-7-6/h3-4H,1H2,2H3. The molecule has 0 radical (unpaired) electrons. The second kappa shape index (κ2) is 1.63. The molecule has 0 N–H and O–H groups in total. The topological polar surface area (TPSA) is 0 Å². The maximum absolute atomic E-state index is 3.64. The van der Waals surface area contributed by atoms with E-state index in [-0.39, 0.29) is 0 Å². The molecule has 1 aliphatic rings. The van der Waals surface area contributed by atoms with Crippen molar-refractivity contribution < 1.29 is 0 Å². The van der Waals surface area contributed by atoms with Gasteiger partial charge in [0.2, 0.25) is 0 Å². The highest BCUT2D eigenvalue weighted by Gasteiger charge is 2.00. The molecule has 0 nitrogen and oxygen atoms in total. The van der Waals surface area contributed by atoms with Crippen molar-refractivity contribution in [2.75, 3.05) is 0 Å². The van der Waals surface area contributed by atoms with Gasteiger partial charge in [-0.2, -0.15) is 0 Å². The van der Waals surface area contributed by atoms with Crippen LogP contribution in [-0.4, -0.2) is 5.80 Å². The van der Waals surface area contributed by atoms with E-state index in [1.54, 1.807) is 0 Å². The first-order chi connectivity index (χ1) is 3.34.